The zero-order valence-corrected chi connectivity index (χ0v) is 13.7. The van der Waals surface area contributed by atoms with E-state index in [1.54, 1.807) is 0 Å². The van der Waals surface area contributed by atoms with Gasteiger partial charge in [-0.05, 0) is 30.7 Å². The van der Waals surface area contributed by atoms with Gasteiger partial charge in [0.2, 0.25) is 0 Å². The molecular formula is C16H28N4O. The second-order valence-electron chi connectivity index (χ2n) is 6.82. The average Bonchev–Trinajstić information content (AvgIpc) is 2.91. The Labute approximate surface area is 127 Å². The van der Waals surface area contributed by atoms with Gasteiger partial charge in [-0.1, -0.05) is 20.8 Å². The molecule has 5 nitrogen and oxygen atoms in total. The Balaban J connectivity index is 1.81. The monoisotopic (exact) mass is 292 g/mol. The van der Waals surface area contributed by atoms with E-state index in [9.17, 15) is 4.79 Å². The van der Waals surface area contributed by atoms with Crippen LogP contribution in [-0.4, -0.2) is 40.3 Å². The molecule has 1 aliphatic rings. The number of amides is 2. The maximum absolute atomic E-state index is 12.2. The minimum absolute atomic E-state index is 0.0833. The van der Waals surface area contributed by atoms with Crippen LogP contribution in [0.4, 0.5) is 4.79 Å². The molecule has 0 aliphatic carbocycles. The Kier molecular flexibility index (Phi) is 4.91. The molecule has 1 aromatic rings. The molecule has 0 unspecified atom stereocenters. The molecule has 0 aromatic carbocycles. The van der Waals surface area contributed by atoms with Gasteiger partial charge in [0.05, 0.1) is 0 Å². The summed E-state index contributed by atoms with van der Waals surface area (Å²) in [7, 11) is 1.99. The van der Waals surface area contributed by atoms with Crippen molar-refractivity contribution in [2.75, 3.05) is 19.6 Å². The lowest BCUT2D eigenvalue weighted by Crippen LogP contribution is -2.46. The minimum Gasteiger partial charge on any atom is -0.337 e. The standard InChI is InChI=1S/C16H28N4O/c1-5-16(2,3)12-17-15(21)20-10-7-13(8-11-20)14-6-9-18-19(14)4/h6,9,13H,5,7-8,10-12H2,1-4H3,(H,17,21). The first-order chi connectivity index (χ1) is 9.93. The Morgan fingerprint density at radius 2 is 2.10 bits per heavy atom. The number of hydrogen-bond acceptors (Lipinski definition) is 2. The van der Waals surface area contributed by atoms with Gasteiger partial charge in [0.25, 0.3) is 0 Å². The third-order valence-corrected chi connectivity index (χ3v) is 4.73. The van der Waals surface area contributed by atoms with Crippen LogP contribution >= 0.6 is 0 Å². The molecule has 1 fully saturated rings. The van der Waals surface area contributed by atoms with Crippen LogP contribution in [0.15, 0.2) is 12.3 Å². The van der Waals surface area contributed by atoms with Crippen LogP contribution in [0, 0.1) is 5.41 Å². The van der Waals surface area contributed by atoms with E-state index in [1.807, 2.05) is 22.8 Å². The van der Waals surface area contributed by atoms with Crippen molar-refractivity contribution in [2.45, 2.75) is 46.0 Å². The highest BCUT2D eigenvalue weighted by molar-refractivity contribution is 5.74. The molecule has 0 atom stereocenters. The zero-order chi connectivity index (χ0) is 15.5. The number of aromatic nitrogens is 2. The molecule has 1 aliphatic heterocycles. The van der Waals surface area contributed by atoms with Crippen LogP contribution in [0.25, 0.3) is 0 Å². The van der Waals surface area contributed by atoms with Crippen LogP contribution in [0.5, 0.6) is 0 Å². The Morgan fingerprint density at radius 1 is 1.43 bits per heavy atom. The summed E-state index contributed by atoms with van der Waals surface area (Å²) < 4.78 is 1.95. The van der Waals surface area contributed by atoms with Crippen LogP contribution < -0.4 is 5.32 Å². The van der Waals surface area contributed by atoms with E-state index < -0.39 is 0 Å². The van der Waals surface area contributed by atoms with Gasteiger partial charge < -0.3 is 10.2 Å². The largest absolute Gasteiger partial charge is 0.337 e. The van der Waals surface area contributed by atoms with Crippen molar-refractivity contribution in [1.29, 1.82) is 0 Å². The number of urea groups is 1. The maximum Gasteiger partial charge on any atom is 0.317 e. The fourth-order valence-corrected chi connectivity index (χ4v) is 2.71. The molecule has 1 saturated heterocycles. The normalized spacial score (nSPS) is 17.0. The van der Waals surface area contributed by atoms with Crippen LogP contribution in [-0.2, 0) is 7.05 Å². The molecule has 0 bridgehead atoms. The van der Waals surface area contributed by atoms with Gasteiger partial charge in [-0.25, -0.2) is 4.79 Å². The first-order valence-corrected chi connectivity index (χ1v) is 7.93. The molecular weight excluding hydrogens is 264 g/mol. The molecule has 2 rings (SSSR count). The molecule has 0 radical (unpaired) electrons. The van der Waals surface area contributed by atoms with Crippen molar-refractivity contribution in [2.24, 2.45) is 12.5 Å². The summed E-state index contributed by atoms with van der Waals surface area (Å²) in [5.74, 6) is 0.522. The smallest absolute Gasteiger partial charge is 0.317 e. The van der Waals surface area contributed by atoms with E-state index in [2.05, 4.69) is 37.3 Å². The second-order valence-corrected chi connectivity index (χ2v) is 6.82. The molecule has 0 spiro atoms. The van der Waals surface area contributed by atoms with Crippen LogP contribution in [0.2, 0.25) is 0 Å². The van der Waals surface area contributed by atoms with Gasteiger partial charge in [-0.2, -0.15) is 5.10 Å². The van der Waals surface area contributed by atoms with E-state index in [1.165, 1.54) is 5.69 Å². The van der Waals surface area contributed by atoms with E-state index in [0.717, 1.165) is 38.9 Å². The number of aryl methyl sites for hydroxylation is 1. The topological polar surface area (TPSA) is 50.2 Å². The Morgan fingerprint density at radius 3 is 2.62 bits per heavy atom. The Hall–Kier alpha value is -1.52. The predicted octanol–water partition coefficient (Wildman–Crippen LogP) is 2.75. The quantitative estimate of drug-likeness (QED) is 0.927. The van der Waals surface area contributed by atoms with Gasteiger partial charge in [-0.15, -0.1) is 0 Å². The average molecular weight is 292 g/mol. The summed E-state index contributed by atoms with van der Waals surface area (Å²) in [6.07, 6.45) is 4.95. The summed E-state index contributed by atoms with van der Waals surface area (Å²) in [6, 6.07) is 2.17. The summed E-state index contributed by atoms with van der Waals surface area (Å²) in [5.41, 5.74) is 1.45. The summed E-state index contributed by atoms with van der Waals surface area (Å²) in [6.45, 7) is 8.92. The number of nitrogens with one attached hydrogen (secondary N) is 1. The van der Waals surface area contributed by atoms with Crippen molar-refractivity contribution < 1.29 is 4.79 Å². The van der Waals surface area contributed by atoms with Crippen molar-refractivity contribution in [1.82, 2.24) is 20.0 Å². The highest BCUT2D eigenvalue weighted by atomic mass is 16.2. The summed E-state index contributed by atoms with van der Waals surface area (Å²) >= 11 is 0. The first-order valence-electron chi connectivity index (χ1n) is 7.93. The molecule has 2 amide bonds. The third-order valence-electron chi connectivity index (χ3n) is 4.73. The Bertz CT molecular complexity index is 472. The van der Waals surface area contributed by atoms with Crippen molar-refractivity contribution in [3.63, 3.8) is 0 Å². The van der Waals surface area contributed by atoms with Gasteiger partial charge in [0, 0.05) is 44.5 Å². The number of hydrogen-bond donors (Lipinski definition) is 1. The molecule has 0 saturated carbocycles. The van der Waals surface area contributed by atoms with Crippen LogP contribution in [0.3, 0.4) is 0 Å². The first kappa shape index (κ1) is 15.9. The molecule has 1 N–H and O–H groups in total. The fourth-order valence-electron chi connectivity index (χ4n) is 2.71. The van der Waals surface area contributed by atoms with Crippen molar-refractivity contribution in [3.8, 4) is 0 Å². The lowest BCUT2D eigenvalue weighted by atomic mass is 9.90. The van der Waals surface area contributed by atoms with Gasteiger partial charge >= 0.3 is 6.03 Å². The lowest BCUT2D eigenvalue weighted by molar-refractivity contribution is 0.175. The maximum atomic E-state index is 12.2. The third kappa shape index (κ3) is 3.99. The SMILES string of the molecule is CCC(C)(C)CNC(=O)N1CCC(c2ccnn2C)CC1. The number of rotatable bonds is 4. The number of carbonyl (C=O) groups excluding carboxylic acids is 1. The van der Waals surface area contributed by atoms with Gasteiger partial charge in [0.15, 0.2) is 0 Å². The van der Waals surface area contributed by atoms with E-state index in [4.69, 9.17) is 0 Å². The van der Waals surface area contributed by atoms with Crippen LogP contribution in [0.1, 0.15) is 51.6 Å². The zero-order valence-electron chi connectivity index (χ0n) is 13.7. The number of piperidine rings is 1. The lowest BCUT2D eigenvalue weighted by Gasteiger charge is -2.33. The highest BCUT2D eigenvalue weighted by Gasteiger charge is 2.26. The van der Waals surface area contributed by atoms with Crippen molar-refractivity contribution in [3.05, 3.63) is 18.0 Å². The van der Waals surface area contributed by atoms with E-state index in [-0.39, 0.29) is 11.4 Å². The number of carbonyl (C=O) groups is 1. The molecule has 5 heteroatoms. The second kappa shape index (κ2) is 6.50. The summed E-state index contributed by atoms with van der Waals surface area (Å²) in [4.78, 5) is 14.2. The van der Waals surface area contributed by atoms with Gasteiger partial charge in [0.1, 0.15) is 0 Å². The molecule has 1 aromatic heterocycles. The summed E-state index contributed by atoms with van der Waals surface area (Å²) in [5, 5.41) is 7.31. The fraction of sp³-hybridized carbons (Fsp3) is 0.750. The highest BCUT2D eigenvalue weighted by Crippen LogP contribution is 2.27. The van der Waals surface area contributed by atoms with Crippen molar-refractivity contribution >= 4 is 6.03 Å². The van der Waals surface area contributed by atoms with Gasteiger partial charge in [-0.3, -0.25) is 4.68 Å². The molecule has 2 heterocycles. The predicted molar refractivity (Wildman–Crippen MR) is 84.2 cm³/mol. The molecule has 118 valence electrons. The minimum atomic E-state index is 0.0833. The van der Waals surface area contributed by atoms with E-state index >= 15 is 0 Å². The number of likely N-dealkylation sites (tertiary alicyclic amines) is 1. The van der Waals surface area contributed by atoms with E-state index in [0.29, 0.717) is 5.92 Å². The number of nitrogens with zero attached hydrogens (tertiary/aromatic N) is 3. The molecule has 21 heavy (non-hydrogen) atoms.